The highest BCUT2D eigenvalue weighted by molar-refractivity contribution is 7.89. The lowest BCUT2D eigenvalue weighted by Gasteiger charge is -2.16. The fourth-order valence-electron chi connectivity index (χ4n) is 2.57. The lowest BCUT2D eigenvalue weighted by molar-refractivity contribution is -0.117. The molecular weight excluding hydrogens is 372 g/mol. The predicted octanol–water partition coefficient (Wildman–Crippen LogP) is 2.04. The first-order valence-corrected chi connectivity index (χ1v) is 9.66. The summed E-state index contributed by atoms with van der Waals surface area (Å²) in [7, 11) is -2.56. The standard InChI is InChI=1S/C18H20N2O6S/c1-11-4-6-15(24-3)17(8-11)27(22,23)20-12(2)18(21)19-13-5-7-14-16(9-13)26-10-25-14/h4-9,12,20H,10H2,1-3H3,(H,19,21)/t12-/m1/s1. The number of anilines is 1. The summed E-state index contributed by atoms with van der Waals surface area (Å²) in [6.07, 6.45) is 0. The smallest absolute Gasteiger partial charge is 0.244 e. The zero-order valence-electron chi connectivity index (χ0n) is 15.1. The summed E-state index contributed by atoms with van der Waals surface area (Å²) < 4.78 is 43.3. The first kappa shape index (κ1) is 19.0. The van der Waals surface area contributed by atoms with Crippen LogP contribution in [0.3, 0.4) is 0 Å². The van der Waals surface area contributed by atoms with Gasteiger partial charge in [-0.3, -0.25) is 4.79 Å². The van der Waals surface area contributed by atoms with Crippen molar-refractivity contribution in [3.05, 3.63) is 42.0 Å². The average molecular weight is 392 g/mol. The van der Waals surface area contributed by atoms with Gasteiger partial charge in [-0.15, -0.1) is 0 Å². The minimum atomic E-state index is -3.95. The lowest BCUT2D eigenvalue weighted by Crippen LogP contribution is -2.41. The topological polar surface area (TPSA) is 103 Å². The van der Waals surface area contributed by atoms with Crippen LogP contribution in [-0.2, 0) is 14.8 Å². The van der Waals surface area contributed by atoms with E-state index in [1.807, 2.05) is 0 Å². The molecule has 27 heavy (non-hydrogen) atoms. The summed E-state index contributed by atoms with van der Waals surface area (Å²) in [5.74, 6) is 0.805. The van der Waals surface area contributed by atoms with E-state index < -0.39 is 22.0 Å². The molecule has 1 atom stereocenters. The molecule has 0 aliphatic carbocycles. The molecule has 144 valence electrons. The minimum Gasteiger partial charge on any atom is -0.495 e. The Morgan fingerprint density at radius 2 is 1.89 bits per heavy atom. The molecule has 0 radical (unpaired) electrons. The second-order valence-corrected chi connectivity index (χ2v) is 7.74. The summed E-state index contributed by atoms with van der Waals surface area (Å²) in [4.78, 5) is 12.4. The van der Waals surface area contributed by atoms with Crippen LogP contribution in [0.2, 0.25) is 0 Å². The van der Waals surface area contributed by atoms with E-state index in [1.165, 1.54) is 20.1 Å². The number of carbonyl (C=O) groups excluding carboxylic acids is 1. The molecule has 0 spiro atoms. The van der Waals surface area contributed by atoms with Gasteiger partial charge < -0.3 is 19.5 Å². The third-order valence-corrected chi connectivity index (χ3v) is 5.54. The third-order valence-electron chi connectivity index (χ3n) is 3.97. The summed E-state index contributed by atoms with van der Waals surface area (Å²) in [6.45, 7) is 3.36. The van der Waals surface area contributed by atoms with Crippen molar-refractivity contribution >= 4 is 21.6 Å². The number of benzene rings is 2. The van der Waals surface area contributed by atoms with E-state index in [1.54, 1.807) is 37.3 Å². The molecule has 3 rings (SSSR count). The van der Waals surface area contributed by atoms with Crippen molar-refractivity contribution in [1.29, 1.82) is 0 Å². The fraction of sp³-hybridized carbons (Fsp3) is 0.278. The fourth-order valence-corrected chi connectivity index (χ4v) is 4.03. The van der Waals surface area contributed by atoms with Crippen LogP contribution in [0.15, 0.2) is 41.3 Å². The molecule has 1 amide bonds. The van der Waals surface area contributed by atoms with Crippen LogP contribution in [0.1, 0.15) is 12.5 Å². The van der Waals surface area contributed by atoms with E-state index in [4.69, 9.17) is 14.2 Å². The highest BCUT2D eigenvalue weighted by Crippen LogP contribution is 2.34. The van der Waals surface area contributed by atoms with Crippen LogP contribution < -0.4 is 24.2 Å². The molecule has 0 saturated heterocycles. The van der Waals surface area contributed by atoms with E-state index in [2.05, 4.69) is 10.0 Å². The molecule has 0 saturated carbocycles. The van der Waals surface area contributed by atoms with Crippen molar-refractivity contribution in [3.8, 4) is 17.2 Å². The normalized spacial score (nSPS) is 13.9. The number of amides is 1. The quantitative estimate of drug-likeness (QED) is 0.780. The molecule has 0 unspecified atom stereocenters. The Labute approximate surface area is 157 Å². The highest BCUT2D eigenvalue weighted by atomic mass is 32.2. The molecular formula is C18H20N2O6S. The second kappa shape index (κ2) is 7.45. The van der Waals surface area contributed by atoms with Gasteiger partial charge in [0.1, 0.15) is 10.6 Å². The van der Waals surface area contributed by atoms with Gasteiger partial charge in [0.25, 0.3) is 0 Å². The van der Waals surface area contributed by atoms with E-state index in [0.29, 0.717) is 17.2 Å². The monoisotopic (exact) mass is 392 g/mol. The zero-order valence-corrected chi connectivity index (χ0v) is 15.9. The number of carbonyl (C=O) groups is 1. The predicted molar refractivity (Wildman–Crippen MR) is 98.7 cm³/mol. The summed E-state index contributed by atoms with van der Waals surface area (Å²) >= 11 is 0. The lowest BCUT2D eigenvalue weighted by atomic mass is 10.2. The van der Waals surface area contributed by atoms with Crippen LogP contribution in [-0.4, -0.2) is 34.3 Å². The molecule has 2 aromatic rings. The van der Waals surface area contributed by atoms with Gasteiger partial charge >= 0.3 is 0 Å². The van der Waals surface area contributed by atoms with Crippen molar-refractivity contribution in [2.24, 2.45) is 0 Å². The average Bonchev–Trinajstić information content (AvgIpc) is 3.09. The van der Waals surface area contributed by atoms with Crippen molar-refractivity contribution in [2.45, 2.75) is 24.8 Å². The Morgan fingerprint density at radius 3 is 2.63 bits per heavy atom. The van der Waals surface area contributed by atoms with E-state index in [-0.39, 0.29) is 17.4 Å². The molecule has 1 heterocycles. The maximum absolute atomic E-state index is 12.7. The summed E-state index contributed by atoms with van der Waals surface area (Å²) in [5.41, 5.74) is 1.23. The van der Waals surface area contributed by atoms with Gasteiger partial charge in [0.05, 0.1) is 13.2 Å². The van der Waals surface area contributed by atoms with Gasteiger partial charge in [0.2, 0.25) is 22.7 Å². The maximum Gasteiger partial charge on any atom is 0.244 e. The van der Waals surface area contributed by atoms with Gasteiger partial charge in [-0.1, -0.05) is 6.07 Å². The van der Waals surface area contributed by atoms with Gasteiger partial charge in [0.15, 0.2) is 11.5 Å². The number of rotatable bonds is 6. The SMILES string of the molecule is COc1ccc(C)cc1S(=O)(=O)N[C@H](C)C(=O)Nc1ccc2c(c1)OCO2. The number of methoxy groups -OCH3 is 1. The van der Waals surface area contributed by atoms with Gasteiger partial charge in [-0.05, 0) is 43.7 Å². The van der Waals surface area contributed by atoms with E-state index in [9.17, 15) is 13.2 Å². The van der Waals surface area contributed by atoms with Gasteiger partial charge in [-0.2, -0.15) is 4.72 Å². The number of ether oxygens (including phenoxy) is 3. The van der Waals surface area contributed by atoms with Gasteiger partial charge in [-0.25, -0.2) is 8.42 Å². The van der Waals surface area contributed by atoms with Crippen LogP contribution in [0, 0.1) is 6.92 Å². The second-order valence-electron chi connectivity index (χ2n) is 6.05. The van der Waals surface area contributed by atoms with Crippen molar-refractivity contribution < 1.29 is 27.4 Å². The van der Waals surface area contributed by atoms with Crippen molar-refractivity contribution in [1.82, 2.24) is 4.72 Å². The molecule has 2 N–H and O–H groups in total. The van der Waals surface area contributed by atoms with Crippen LogP contribution in [0.5, 0.6) is 17.2 Å². The zero-order chi connectivity index (χ0) is 19.6. The Kier molecular flexibility index (Phi) is 5.24. The number of fused-ring (bicyclic) bond motifs is 1. The highest BCUT2D eigenvalue weighted by Gasteiger charge is 2.25. The van der Waals surface area contributed by atoms with E-state index in [0.717, 1.165) is 5.56 Å². The molecule has 2 aromatic carbocycles. The number of aryl methyl sites for hydroxylation is 1. The summed E-state index contributed by atoms with van der Waals surface area (Å²) in [6, 6.07) is 8.73. The molecule has 9 heteroatoms. The van der Waals surface area contributed by atoms with Crippen LogP contribution in [0.25, 0.3) is 0 Å². The van der Waals surface area contributed by atoms with Gasteiger partial charge in [0, 0.05) is 11.8 Å². The molecule has 1 aliphatic heterocycles. The largest absolute Gasteiger partial charge is 0.495 e. The van der Waals surface area contributed by atoms with E-state index >= 15 is 0 Å². The van der Waals surface area contributed by atoms with Crippen LogP contribution >= 0.6 is 0 Å². The number of nitrogens with one attached hydrogen (secondary N) is 2. The molecule has 8 nitrogen and oxygen atoms in total. The Hall–Kier alpha value is -2.78. The number of hydrogen-bond acceptors (Lipinski definition) is 6. The molecule has 0 bridgehead atoms. The Morgan fingerprint density at radius 1 is 1.15 bits per heavy atom. The molecule has 0 fully saturated rings. The van der Waals surface area contributed by atoms with Crippen molar-refractivity contribution in [3.63, 3.8) is 0 Å². The maximum atomic E-state index is 12.7. The molecule has 0 aromatic heterocycles. The first-order valence-electron chi connectivity index (χ1n) is 8.17. The van der Waals surface area contributed by atoms with Crippen LogP contribution in [0.4, 0.5) is 5.69 Å². The first-order chi connectivity index (χ1) is 12.8. The Balaban J connectivity index is 1.73. The Bertz CT molecular complexity index is 974. The summed E-state index contributed by atoms with van der Waals surface area (Å²) in [5, 5.41) is 2.65. The molecule has 1 aliphatic rings. The number of sulfonamides is 1. The minimum absolute atomic E-state index is 0.0206. The third kappa shape index (κ3) is 4.15. The number of hydrogen-bond donors (Lipinski definition) is 2. The van der Waals surface area contributed by atoms with Crippen molar-refractivity contribution in [2.75, 3.05) is 19.2 Å².